The fourth-order valence-electron chi connectivity index (χ4n) is 3.32. The number of aliphatic imine (C=N–C) groups is 1. The third kappa shape index (κ3) is 6.79. The van der Waals surface area contributed by atoms with Crippen molar-refractivity contribution in [1.82, 2.24) is 35.1 Å². The number of rotatable bonds is 8. The summed E-state index contributed by atoms with van der Waals surface area (Å²) in [4.78, 5) is 7.02. The standard InChI is InChI=1S/C22H32N8.HI/c1-6-23-22(24-15-21(28(3)4)19-14-26-29(5)16-19)27-17(2)18-9-7-10-20(13-18)30-12-8-11-25-30;/h7-14,16-17,21H,6,15H2,1-5H3,(H2,23,24,27);1H. The van der Waals surface area contributed by atoms with E-state index in [4.69, 9.17) is 4.99 Å². The SMILES string of the molecule is CCNC(=NCC(c1cnn(C)c1)N(C)C)NC(C)c1cccc(-n2cccn2)c1.I. The number of guanidine groups is 1. The molecular formula is C22H33IN8. The van der Waals surface area contributed by atoms with E-state index in [-0.39, 0.29) is 36.1 Å². The Labute approximate surface area is 201 Å². The van der Waals surface area contributed by atoms with E-state index in [1.165, 1.54) is 5.56 Å². The summed E-state index contributed by atoms with van der Waals surface area (Å²) < 4.78 is 3.69. The summed E-state index contributed by atoms with van der Waals surface area (Å²) in [6.07, 6.45) is 7.68. The van der Waals surface area contributed by atoms with Crippen molar-refractivity contribution in [3.63, 3.8) is 0 Å². The van der Waals surface area contributed by atoms with Crippen molar-refractivity contribution >= 4 is 29.9 Å². The molecule has 0 radical (unpaired) electrons. The second-order valence-electron chi connectivity index (χ2n) is 7.56. The van der Waals surface area contributed by atoms with Gasteiger partial charge >= 0.3 is 0 Å². The van der Waals surface area contributed by atoms with Crippen molar-refractivity contribution in [1.29, 1.82) is 0 Å². The molecule has 3 rings (SSSR count). The molecule has 2 aromatic heterocycles. The third-order valence-electron chi connectivity index (χ3n) is 4.99. The van der Waals surface area contributed by atoms with Crippen molar-refractivity contribution in [2.24, 2.45) is 12.0 Å². The molecule has 0 fully saturated rings. The van der Waals surface area contributed by atoms with Gasteiger partial charge in [0.05, 0.1) is 30.5 Å². The Hall–Kier alpha value is -2.40. The van der Waals surface area contributed by atoms with Gasteiger partial charge in [0.25, 0.3) is 0 Å². The van der Waals surface area contributed by atoms with Crippen LogP contribution >= 0.6 is 24.0 Å². The molecule has 2 atom stereocenters. The maximum absolute atomic E-state index is 4.86. The molecule has 3 aromatic rings. The minimum Gasteiger partial charge on any atom is -0.357 e. The maximum Gasteiger partial charge on any atom is 0.191 e. The van der Waals surface area contributed by atoms with Gasteiger partial charge in [0.15, 0.2) is 5.96 Å². The van der Waals surface area contributed by atoms with Crippen LogP contribution in [-0.2, 0) is 7.05 Å². The number of nitrogens with zero attached hydrogens (tertiary/aromatic N) is 6. The first-order valence-electron chi connectivity index (χ1n) is 10.3. The number of nitrogens with one attached hydrogen (secondary N) is 2. The molecule has 1 aromatic carbocycles. The lowest BCUT2D eigenvalue weighted by molar-refractivity contribution is 0.306. The van der Waals surface area contributed by atoms with Gasteiger partial charge < -0.3 is 15.5 Å². The number of hydrogen-bond acceptors (Lipinski definition) is 4. The van der Waals surface area contributed by atoms with Crippen LogP contribution in [0.25, 0.3) is 5.69 Å². The molecule has 0 aliphatic rings. The quantitative estimate of drug-likeness (QED) is 0.263. The first-order chi connectivity index (χ1) is 14.5. The molecule has 2 unspecified atom stereocenters. The van der Waals surface area contributed by atoms with E-state index in [0.717, 1.165) is 23.8 Å². The van der Waals surface area contributed by atoms with Crippen LogP contribution in [-0.4, -0.2) is 57.6 Å². The molecular weight excluding hydrogens is 503 g/mol. The van der Waals surface area contributed by atoms with Crippen LogP contribution in [0.4, 0.5) is 0 Å². The normalized spacial score (nSPS) is 13.5. The first-order valence-corrected chi connectivity index (χ1v) is 10.3. The largest absolute Gasteiger partial charge is 0.357 e. The van der Waals surface area contributed by atoms with Gasteiger partial charge in [-0.2, -0.15) is 10.2 Å². The average Bonchev–Trinajstić information content (AvgIpc) is 3.40. The van der Waals surface area contributed by atoms with Crippen molar-refractivity contribution in [3.8, 4) is 5.69 Å². The molecule has 0 bridgehead atoms. The summed E-state index contributed by atoms with van der Waals surface area (Å²) >= 11 is 0. The van der Waals surface area contributed by atoms with Gasteiger partial charge in [-0.05, 0) is 51.7 Å². The zero-order valence-corrected chi connectivity index (χ0v) is 21.2. The predicted molar refractivity (Wildman–Crippen MR) is 136 cm³/mol. The molecule has 2 heterocycles. The number of benzene rings is 1. The Morgan fingerprint density at radius 2 is 2.00 bits per heavy atom. The van der Waals surface area contributed by atoms with Gasteiger partial charge in [-0.3, -0.25) is 9.67 Å². The Kier molecular flexibility index (Phi) is 9.50. The smallest absolute Gasteiger partial charge is 0.191 e. The lowest BCUT2D eigenvalue weighted by atomic mass is 10.1. The zero-order chi connectivity index (χ0) is 21.5. The summed E-state index contributed by atoms with van der Waals surface area (Å²) in [6.45, 7) is 5.64. The molecule has 0 aliphatic carbocycles. The van der Waals surface area contributed by atoms with E-state index in [0.29, 0.717) is 6.54 Å². The zero-order valence-electron chi connectivity index (χ0n) is 18.9. The number of likely N-dealkylation sites (N-methyl/N-ethyl adjacent to an activating group) is 1. The van der Waals surface area contributed by atoms with E-state index in [2.05, 4.69) is 77.9 Å². The Morgan fingerprint density at radius 3 is 2.61 bits per heavy atom. The fraction of sp³-hybridized carbons (Fsp3) is 0.409. The molecule has 168 valence electrons. The van der Waals surface area contributed by atoms with E-state index < -0.39 is 0 Å². The monoisotopic (exact) mass is 536 g/mol. The third-order valence-corrected chi connectivity index (χ3v) is 4.99. The topological polar surface area (TPSA) is 75.3 Å². The highest BCUT2D eigenvalue weighted by Crippen LogP contribution is 2.19. The Balaban J connectivity index is 0.00000341. The minimum absolute atomic E-state index is 0. The highest BCUT2D eigenvalue weighted by Gasteiger charge is 2.16. The van der Waals surface area contributed by atoms with E-state index in [1.807, 2.05) is 41.1 Å². The number of aromatic nitrogens is 4. The Morgan fingerprint density at radius 1 is 1.19 bits per heavy atom. The van der Waals surface area contributed by atoms with E-state index in [1.54, 1.807) is 6.20 Å². The van der Waals surface area contributed by atoms with E-state index in [9.17, 15) is 0 Å². The molecule has 0 aliphatic heterocycles. The number of aryl methyl sites for hydroxylation is 1. The maximum atomic E-state index is 4.86. The van der Waals surface area contributed by atoms with Crippen LogP contribution in [0.15, 0.2) is 60.1 Å². The summed E-state index contributed by atoms with van der Waals surface area (Å²) in [5, 5.41) is 15.5. The van der Waals surface area contributed by atoms with Crippen molar-refractivity contribution in [2.75, 3.05) is 27.2 Å². The van der Waals surface area contributed by atoms with Gasteiger partial charge in [-0.15, -0.1) is 24.0 Å². The summed E-state index contributed by atoms with van der Waals surface area (Å²) in [6, 6.07) is 10.5. The summed E-state index contributed by atoms with van der Waals surface area (Å²) in [5.74, 6) is 0.797. The highest BCUT2D eigenvalue weighted by atomic mass is 127. The lowest BCUT2D eigenvalue weighted by Crippen LogP contribution is -2.39. The molecule has 0 amide bonds. The van der Waals surface area contributed by atoms with Crippen LogP contribution in [0.5, 0.6) is 0 Å². The molecule has 9 heteroatoms. The highest BCUT2D eigenvalue weighted by molar-refractivity contribution is 14.0. The van der Waals surface area contributed by atoms with Gasteiger partial charge in [0.2, 0.25) is 0 Å². The van der Waals surface area contributed by atoms with Crippen LogP contribution in [0.3, 0.4) is 0 Å². The molecule has 0 spiro atoms. The van der Waals surface area contributed by atoms with Crippen LogP contribution in [0.1, 0.15) is 37.1 Å². The second-order valence-corrected chi connectivity index (χ2v) is 7.56. The summed E-state index contributed by atoms with van der Waals surface area (Å²) in [5.41, 5.74) is 3.37. The van der Waals surface area contributed by atoms with Crippen molar-refractivity contribution < 1.29 is 0 Å². The second kappa shape index (κ2) is 11.8. The number of halogens is 1. The van der Waals surface area contributed by atoms with E-state index >= 15 is 0 Å². The Bertz CT molecular complexity index is 948. The van der Waals surface area contributed by atoms with Crippen molar-refractivity contribution in [3.05, 3.63) is 66.2 Å². The molecule has 2 N–H and O–H groups in total. The molecule has 8 nitrogen and oxygen atoms in total. The fourth-order valence-corrected chi connectivity index (χ4v) is 3.32. The van der Waals surface area contributed by atoms with Gasteiger partial charge in [0, 0.05) is 37.7 Å². The van der Waals surface area contributed by atoms with Crippen molar-refractivity contribution in [2.45, 2.75) is 25.9 Å². The lowest BCUT2D eigenvalue weighted by Gasteiger charge is -2.23. The first kappa shape index (κ1) is 24.9. The van der Waals surface area contributed by atoms with Crippen LogP contribution in [0.2, 0.25) is 0 Å². The molecule has 0 saturated heterocycles. The predicted octanol–water partition coefficient (Wildman–Crippen LogP) is 3.14. The summed E-state index contributed by atoms with van der Waals surface area (Å²) in [7, 11) is 6.07. The van der Waals surface area contributed by atoms with Gasteiger partial charge in [-0.25, -0.2) is 4.68 Å². The van der Waals surface area contributed by atoms with Gasteiger partial charge in [0.1, 0.15) is 0 Å². The van der Waals surface area contributed by atoms with Crippen LogP contribution in [0, 0.1) is 0 Å². The van der Waals surface area contributed by atoms with Crippen LogP contribution < -0.4 is 10.6 Å². The van der Waals surface area contributed by atoms with Gasteiger partial charge in [-0.1, -0.05) is 12.1 Å². The average molecular weight is 536 g/mol. The minimum atomic E-state index is 0. The number of hydrogen-bond donors (Lipinski definition) is 2. The molecule has 0 saturated carbocycles. The molecule has 31 heavy (non-hydrogen) atoms.